The Hall–Kier alpha value is -1.42. The van der Waals surface area contributed by atoms with Crippen LogP contribution >= 0.6 is 11.3 Å². The standard InChI is InChI=1S/C12H16N2OS/c1-4-7-14(8-5-2)12(15)10-9-13-11(6-3)16-10/h4-5,9H,1-2,6-8H2,3H3. The number of amides is 1. The Morgan fingerprint density at radius 3 is 2.56 bits per heavy atom. The van der Waals surface area contributed by atoms with Crippen molar-refractivity contribution in [2.75, 3.05) is 13.1 Å². The third kappa shape index (κ3) is 3.03. The molecule has 0 aliphatic carbocycles. The Morgan fingerprint density at radius 2 is 2.12 bits per heavy atom. The van der Waals surface area contributed by atoms with Gasteiger partial charge in [-0.2, -0.15) is 0 Å². The van der Waals surface area contributed by atoms with Gasteiger partial charge in [-0.05, 0) is 6.42 Å². The SMILES string of the molecule is C=CCN(CC=C)C(=O)c1cnc(CC)s1. The zero-order chi connectivity index (χ0) is 12.0. The van der Waals surface area contributed by atoms with Crippen LogP contribution in [0.1, 0.15) is 21.6 Å². The summed E-state index contributed by atoms with van der Waals surface area (Å²) in [5.41, 5.74) is 0. The Morgan fingerprint density at radius 1 is 1.50 bits per heavy atom. The summed E-state index contributed by atoms with van der Waals surface area (Å²) in [6.45, 7) is 10.4. The molecule has 0 fully saturated rings. The first kappa shape index (κ1) is 12.6. The van der Waals surface area contributed by atoms with Crippen molar-refractivity contribution in [3.8, 4) is 0 Å². The molecular formula is C12H16N2OS. The van der Waals surface area contributed by atoms with Gasteiger partial charge in [0.25, 0.3) is 5.91 Å². The van der Waals surface area contributed by atoms with Gasteiger partial charge in [-0.25, -0.2) is 4.98 Å². The Labute approximate surface area is 100 Å². The van der Waals surface area contributed by atoms with Gasteiger partial charge in [-0.1, -0.05) is 19.1 Å². The fraction of sp³-hybridized carbons (Fsp3) is 0.333. The Bertz CT molecular complexity index is 374. The summed E-state index contributed by atoms with van der Waals surface area (Å²) >= 11 is 1.45. The molecule has 1 aromatic rings. The number of thiazole rings is 1. The number of carbonyl (C=O) groups excluding carboxylic acids is 1. The summed E-state index contributed by atoms with van der Waals surface area (Å²) in [7, 11) is 0. The van der Waals surface area contributed by atoms with Crippen LogP contribution in [0, 0.1) is 0 Å². The van der Waals surface area contributed by atoms with Crippen molar-refractivity contribution in [2.24, 2.45) is 0 Å². The third-order valence-corrected chi connectivity index (χ3v) is 3.18. The van der Waals surface area contributed by atoms with E-state index in [1.165, 1.54) is 11.3 Å². The first-order chi connectivity index (χ1) is 7.72. The summed E-state index contributed by atoms with van der Waals surface area (Å²) < 4.78 is 0. The molecule has 1 heterocycles. The van der Waals surface area contributed by atoms with E-state index in [2.05, 4.69) is 18.1 Å². The van der Waals surface area contributed by atoms with E-state index in [0.717, 1.165) is 11.4 Å². The Balaban J connectivity index is 2.80. The molecule has 4 heteroatoms. The molecule has 16 heavy (non-hydrogen) atoms. The van der Waals surface area contributed by atoms with Crippen molar-refractivity contribution in [3.05, 3.63) is 41.4 Å². The molecule has 0 N–H and O–H groups in total. The maximum absolute atomic E-state index is 12.1. The number of rotatable bonds is 6. The van der Waals surface area contributed by atoms with E-state index in [-0.39, 0.29) is 5.91 Å². The van der Waals surface area contributed by atoms with Gasteiger partial charge < -0.3 is 4.90 Å². The van der Waals surface area contributed by atoms with E-state index < -0.39 is 0 Å². The van der Waals surface area contributed by atoms with Gasteiger partial charge in [-0.15, -0.1) is 24.5 Å². The molecule has 0 aliphatic heterocycles. The second-order valence-electron chi connectivity index (χ2n) is 3.26. The first-order valence-electron chi connectivity index (χ1n) is 5.18. The molecule has 0 aromatic carbocycles. The quantitative estimate of drug-likeness (QED) is 0.711. The predicted molar refractivity (Wildman–Crippen MR) is 67.8 cm³/mol. The molecule has 1 amide bonds. The van der Waals surface area contributed by atoms with Crippen molar-refractivity contribution >= 4 is 17.2 Å². The summed E-state index contributed by atoms with van der Waals surface area (Å²) in [4.78, 5) is 18.6. The highest BCUT2D eigenvalue weighted by molar-refractivity contribution is 7.13. The monoisotopic (exact) mass is 236 g/mol. The van der Waals surface area contributed by atoms with Crippen molar-refractivity contribution in [1.29, 1.82) is 0 Å². The molecule has 0 radical (unpaired) electrons. The first-order valence-corrected chi connectivity index (χ1v) is 6.00. The normalized spacial score (nSPS) is 9.81. The fourth-order valence-corrected chi connectivity index (χ4v) is 2.11. The van der Waals surface area contributed by atoms with Crippen molar-refractivity contribution < 1.29 is 4.79 Å². The fourth-order valence-electron chi connectivity index (χ4n) is 1.28. The lowest BCUT2D eigenvalue weighted by atomic mass is 10.4. The lowest BCUT2D eigenvalue weighted by Crippen LogP contribution is -2.30. The van der Waals surface area contributed by atoms with Gasteiger partial charge in [0.1, 0.15) is 4.88 Å². The van der Waals surface area contributed by atoms with Gasteiger partial charge in [0.2, 0.25) is 0 Å². The molecule has 86 valence electrons. The van der Waals surface area contributed by atoms with E-state index in [0.29, 0.717) is 18.0 Å². The zero-order valence-corrected chi connectivity index (χ0v) is 10.3. The maximum atomic E-state index is 12.1. The molecule has 0 unspecified atom stereocenters. The van der Waals surface area contributed by atoms with Gasteiger partial charge in [-0.3, -0.25) is 4.79 Å². The van der Waals surface area contributed by atoms with Gasteiger partial charge >= 0.3 is 0 Å². The van der Waals surface area contributed by atoms with Crippen LogP contribution in [-0.4, -0.2) is 28.9 Å². The molecule has 0 atom stereocenters. The smallest absolute Gasteiger partial charge is 0.266 e. The molecule has 0 saturated heterocycles. The molecule has 1 rings (SSSR count). The van der Waals surface area contributed by atoms with E-state index in [9.17, 15) is 4.79 Å². The molecule has 3 nitrogen and oxygen atoms in total. The number of hydrogen-bond acceptors (Lipinski definition) is 3. The summed E-state index contributed by atoms with van der Waals surface area (Å²) in [6.07, 6.45) is 5.93. The van der Waals surface area contributed by atoms with E-state index in [1.807, 2.05) is 6.92 Å². The van der Waals surface area contributed by atoms with Gasteiger partial charge in [0, 0.05) is 13.1 Å². The van der Waals surface area contributed by atoms with Crippen LogP contribution < -0.4 is 0 Å². The minimum Gasteiger partial charge on any atom is -0.330 e. The lowest BCUT2D eigenvalue weighted by molar-refractivity contribution is 0.0795. The van der Waals surface area contributed by atoms with Crippen molar-refractivity contribution in [1.82, 2.24) is 9.88 Å². The number of aryl methyl sites for hydroxylation is 1. The molecule has 0 aliphatic rings. The third-order valence-electron chi connectivity index (χ3n) is 2.05. The Kier molecular flexibility index (Phi) is 4.92. The molecular weight excluding hydrogens is 220 g/mol. The number of carbonyl (C=O) groups is 1. The lowest BCUT2D eigenvalue weighted by Gasteiger charge is -2.17. The highest BCUT2D eigenvalue weighted by Crippen LogP contribution is 2.15. The average Bonchev–Trinajstić information content (AvgIpc) is 2.76. The van der Waals surface area contributed by atoms with E-state index in [1.54, 1.807) is 23.2 Å². The van der Waals surface area contributed by atoms with Crippen LogP contribution in [0.3, 0.4) is 0 Å². The number of aromatic nitrogens is 1. The summed E-state index contributed by atoms with van der Waals surface area (Å²) in [5.74, 6) is -0.00278. The van der Waals surface area contributed by atoms with Crippen LogP contribution in [0.25, 0.3) is 0 Å². The summed E-state index contributed by atoms with van der Waals surface area (Å²) in [6, 6.07) is 0. The van der Waals surface area contributed by atoms with Crippen LogP contribution in [0.5, 0.6) is 0 Å². The molecule has 1 aromatic heterocycles. The predicted octanol–water partition coefficient (Wildman–Crippen LogP) is 2.52. The van der Waals surface area contributed by atoms with Gasteiger partial charge in [0.15, 0.2) is 0 Å². The van der Waals surface area contributed by atoms with Gasteiger partial charge in [0.05, 0.1) is 11.2 Å². The zero-order valence-electron chi connectivity index (χ0n) is 9.48. The topological polar surface area (TPSA) is 33.2 Å². The van der Waals surface area contributed by atoms with E-state index in [4.69, 9.17) is 0 Å². The van der Waals surface area contributed by atoms with Crippen LogP contribution in [0.4, 0.5) is 0 Å². The van der Waals surface area contributed by atoms with Crippen molar-refractivity contribution in [3.63, 3.8) is 0 Å². The molecule has 0 saturated carbocycles. The number of hydrogen-bond donors (Lipinski definition) is 0. The average molecular weight is 236 g/mol. The molecule has 0 bridgehead atoms. The van der Waals surface area contributed by atoms with Crippen LogP contribution in [0.15, 0.2) is 31.5 Å². The largest absolute Gasteiger partial charge is 0.330 e. The van der Waals surface area contributed by atoms with Crippen LogP contribution in [0.2, 0.25) is 0 Å². The summed E-state index contributed by atoms with van der Waals surface area (Å²) in [5, 5.41) is 0.987. The minimum atomic E-state index is -0.00278. The number of nitrogens with zero attached hydrogens (tertiary/aromatic N) is 2. The maximum Gasteiger partial charge on any atom is 0.266 e. The highest BCUT2D eigenvalue weighted by atomic mass is 32.1. The second kappa shape index (κ2) is 6.23. The van der Waals surface area contributed by atoms with Crippen LogP contribution in [-0.2, 0) is 6.42 Å². The van der Waals surface area contributed by atoms with E-state index >= 15 is 0 Å². The van der Waals surface area contributed by atoms with Crippen molar-refractivity contribution in [2.45, 2.75) is 13.3 Å². The second-order valence-corrected chi connectivity index (χ2v) is 4.37. The highest BCUT2D eigenvalue weighted by Gasteiger charge is 2.15. The minimum absolute atomic E-state index is 0.00278. The molecule has 0 spiro atoms.